The van der Waals surface area contributed by atoms with Crippen molar-refractivity contribution in [3.8, 4) is 0 Å². The normalized spacial score (nSPS) is 55.1. The van der Waals surface area contributed by atoms with Crippen molar-refractivity contribution in [2.45, 2.75) is 63.6 Å². The molecule has 8 atom stereocenters. The Bertz CT molecular complexity index is 864. The molecule has 144 valence electrons. The molecule has 1 aromatic heterocycles. The predicted octanol–water partition coefficient (Wildman–Crippen LogP) is 2.09. The summed E-state index contributed by atoms with van der Waals surface area (Å²) in [6.07, 6.45) is 3.30. The van der Waals surface area contributed by atoms with Crippen LogP contribution in [0.2, 0.25) is 0 Å². The second-order valence-corrected chi connectivity index (χ2v) is 9.14. The Morgan fingerprint density at radius 3 is 2.78 bits per heavy atom. The Morgan fingerprint density at radius 2 is 2.04 bits per heavy atom. The number of esters is 2. The minimum absolute atomic E-state index is 0.0331. The van der Waals surface area contributed by atoms with E-state index in [0.717, 1.165) is 5.56 Å². The summed E-state index contributed by atoms with van der Waals surface area (Å²) in [6.45, 7) is 3.87. The molecule has 0 aromatic carbocycles. The van der Waals surface area contributed by atoms with Crippen molar-refractivity contribution in [3.05, 3.63) is 24.2 Å². The molecule has 0 amide bonds. The van der Waals surface area contributed by atoms with Gasteiger partial charge < -0.3 is 23.7 Å². The van der Waals surface area contributed by atoms with Crippen LogP contribution < -0.4 is 0 Å². The lowest BCUT2D eigenvalue weighted by Gasteiger charge is -2.58. The maximum atomic E-state index is 13.4. The van der Waals surface area contributed by atoms with Gasteiger partial charge in [0, 0.05) is 18.4 Å². The molecule has 2 aliphatic carbocycles. The van der Waals surface area contributed by atoms with Crippen LogP contribution in [0.15, 0.2) is 23.0 Å². The van der Waals surface area contributed by atoms with Crippen LogP contribution in [-0.4, -0.2) is 35.0 Å². The van der Waals surface area contributed by atoms with Crippen molar-refractivity contribution in [2.24, 2.45) is 22.2 Å². The molecule has 2 spiro atoms. The van der Waals surface area contributed by atoms with E-state index in [1.54, 1.807) is 18.6 Å². The molecule has 3 aliphatic heterocycles. The summed E-state index contributed by atoms with van der Waals surface area (Å²) >= 11 is 0. The van der Waals surface area contributed by atoms with Gasteiger partial charge in [0.1, 0.15) is 22.5 Å². The molecule has 0 radical (unpaired) electrons. The molecule has 5 fully saturated rings. The van der Waals surface area contributed by atoms with Crippen LogP contribution in [0.25, 0.3) is 0 Å². The molecular weight excluding hydrogens is 352 g/mol. The topological polar surface area (TPSA) is 95.2 Å². The molecular formula is C20H22O7. The summed E-state index contributed by atoms with van der Waals surface area (Å²) in [7, 11) is 0. The number of rotatable bonds is 1. The van der Waals surface area contributed by atoms with Gasteiger partial charge in [-0.3, -0.25) is 9.59 Å². The van der Waals surface area contributed by atoms with Gasteiger partial charge in [-0.25, -0.2) is 0 Å². The molecule has 4 heterocycles. The molecule has 27 heavy (non-hydrogen) atoms. The first kappa shape index (κ1) is 16.1. The van der Waals surface area contributed by atoms with Crippen molar-refractivity contribution in [3.63, 3.8) is 0 Å². The Kier molecular flexibility index (Phi) is 2.63. The van der Waals surface area contributed by atoms with E-state index < -0.39 is 40.3 Å². The summed E-state index contributed by atoms with van der Waals surface area (Å²) in [4.78, 5) is 26.4. The van der Waals surface area contributed by atoms with Crippen LogP contribution in [0, 0.1) is 22.2 Å². The first-order valence-electron chi connectivity index (χ1n) is 9.64. The Labute approximate surface area is 155 Å². The highest BCUT2D eigenvalue weighted by Gasteiger charge is 2.94. The lowest BCUT2D eigenvalue weighted by Crippen LogP contribution is -2.68. The molecule has 7 nitrogen and oxygen atoms in total. The number of aliphatic hydroxyl groups excluding tert-OH is 1. The monoisotopic (exact) mass is 374 g/mol. The van der Waals surface area contributed by atoms with Gasteiger partial charge in [-0.15, -0.1) is 0 Å². The van der Waals surface area contributed by atoms with Crippen LogP contribution in [-0.2, 0) is 23.8 Å². The highest BCUT2D eigenvalue weighted by molar-refractivity contribution is 5.90. The van der Waals surface area contributed by atoms with Crippen molar-refractivity contribution in [2.75, 3.05) is 0 Å². The van der Waals surface area contributed by atoms with Crippen molar-refractivity contribution in [1.29, 1.82) is 0 Å². The maximum Gasteiger partial charge on any atom is 0.317 e. The molecule has 6 rings (SSSR count). The molecule has 1 N–H and O–H groups in total. The largest absolute Gasteiger partial charge is 0.472 e. The van der Waals surface area contributed by atoms with Gasteiger partial charge in [0.15, 0.2) is 6.29 Å². The third-order valence-corrected chi connectivity index (χ3v) is 8.74. The molecule has 4 bridgehead atoms. The fourth-order valence-electron chi connectivity index (χ4n) is 7.35. The Hall–Kier alpha value is -1.86. The van der Waals surface area contributed by atoms with E-state index in [2.05, 4.69) is 0 Å². The summed E-state index contributed by atoms with van der Waals surface area (Å²) in [5.41, 5.74) is -3.09. The maximum absolute atomic E-state index is 13.4. The van der Waals surface area contributed by atoms with E-state index in [4.69, 9.17) is 18.6 Å². The smallest absolute Gasteiger partial charge is 0.317 e. The zero-order chi connectivity index (χ0) is 18.8. The molecule has 7 heteroatoms. The van der Waals surface area contributed by atoms with Gasteiger partial charge in [-0.05, 0) is 31.7 Å². The molecule has 8 unspecified atom stereocenters. The second kappa shape index (κ2) is 4.41. The number of hydrogen-bond acceptors (Lipinski definition) is 7. The van der Waals surface area contributed by atoms with E-state index in [0.29, 0.717) is 25.7 Å². The Balaban J connectivity index is 1.57. The third-order valence-electron chi connectivity index (χ3n) is 8.74. The number of furan rings is 1. The fourth-order valence-corrected chi connectivity index (χ4v) is 7.35. The lowest BCUT2D eigenvalue weighted by molar-refractivity contribution is -0.285. The van der Waals surface area contributed by atoms with Gasteiger partial charge in [0.25, 0.3) is 0 Å². The average Bonchev–Trinajstić information content (AvgIpc) is 3.36. The Morgan fingerprint density at radius 1 is 1.22 bits per heavy atom. The fraction of sp³-hybridized carbons (Fsp3) is 0.700. The van der Waals surface area contributed by atoms with Crippen LogP contribution in [0.4, 0.5) is 0 Å². The zero-order valence-corrected chi connectivity index (χ0v) is 15.3. The van der Waals surface area contributed by atoms with Gasteiger partial charge >= 0.3 is 11.9 Å². The zero-order valence-electron chi connectivity index (χ0n) is 15.3. The van der Waals surface area contributed by atoms with Crippen LogP contribution >= 0.6 is 0 Å². The van der Waals surface area contributed by atoms with Gasteiger partial charge in [0.2, 0.25) is 0 Å². The first-order chi connectivity index (χ1) is 12.8. The van der Waals surface area contributed by atoms with Crippen molar-refractivity contribution in [1.82, 2.24) is 0 Å². The quantitative estimate of drug-likeness (QED) is 0.752. The van der Waals surface area contributed by atoms with E-state index >= 15 is 0 Å². The number of carbonyl (C=O) groups excluding carboxylic acids is 2. The summed E-state index contributed by atoms with van der Waals surface area (Å²) in [5, 5.41) is 10.9. The molecule has 5 aliphatic rings. The highest BCUT2D eigenvalue weighted by Crippen LogP contribution is 2.82. The van der Waals surface area contributed by atoms with Gasteiger partial charge in [-0.1, -0.05) is 6.92 Å². The molecule has 1 aromatic rings. The lowest BCUT2D eigenvalue weighted by atomic mass is 9.45. The van der Waals surface area contributed by atoms with Crippen LogP contribution in [0.3, 0.4) is 0 Å². The van der Waals surface area contributed by atoms with Crippen LogP contribution in [0.5, 0.6) is 0 Å². The van der Waals surface area contributed by atoms with E-state index in [9.17, 15) is 14.7 Å². The van der Waals surface area contributed by atoms with Crippen molar-refractivity contribution < 1.29 is 33.3 Å². The van der Waals surface area contributed by atoms with E-state index in [-0.39, 0.29) is 17.9 Å². The summed E-state index contributed by atoms with van der Waals surface area (Å²) in [5.74, 6) is -0.727. The van der Waals surface area contributed by atoms with E-state index in [1.807, 2.05) is 13.8 Å². The van der Waals surface area contributed by atoms with E-state index in [1.165, 1.54) is 0 Å². The van der Waals surface area contributed by atoms with Gasteiger partial charge in [0.05, 0.1) is 24.0 Å². The summed E-state index contributed by atoms with van der Waals surface area (Å²) < 4.78 is 22.9. The number of ether oxygens (including phenoxy) is 3. The highest BCUT2D eigenvalue weighted by atomic mass is 16.7. The summed E-state index contributed by atoms with van der Waals surface area (Å²) in [6, 6.07) is 1.79. The van der Waals surface area contributed by atoms with Crippen LogP contribution in [0.1, 0.15) is 51.2 Å². The number of aliphatic hydroxyl groups is 1. The minimum Gasteiger partial charge on any atom is -0.472 e. The van der Waals surface area contributed by atoms with Crippen molar-refractivity contribution >= 4 is 11.9 Å². The SMILES string of the molecule is CC1CCC23C(O)OC4CC2(OC(=O)C43C)C12CC(c1ccoc1)OC2=O. The first-order valence-corrected chi connectivity index (χ1v) is 9.64. The average molecular weight is 374 g/mol. The molecule has 3 saturated heterocycles. The third kappa shape index (κ3) is 1.31. The standard InChI is InChI=1S/C20H22O7/c1-10-3-5-19-16(23)26-13-8-20(19,27-14(21)17(13,19)2)18(10)7-12(25-15(18)22)11-4-6-24-9-11/h4,6,9-10,12-13,16,23H,3,5,7-8H2,1-2H3. The number of carbonyl (C=O) groups is 2. The minimum atomic E-state index is -1.11. The second-order valence-electron chi connectivity index (χ2n) is 9.14. The molecule has 2 saturated carbocycles. The predicted molar refractivity (Wildman–Crippen MR) is 87.8 cm³/mol. The van der Waals surface area contributed by atoms with Gasteiger partial charge in [-0.2, -0.15) is 0 Å². The number of cyclic esters (lactones) is 1. The number of hydrogen-bond donors (Lipinski definition) is 1.